The Morgan fingerprint density at radius 2 is 2.44 bits per heavy atom. The van der Waals surface area contributed by atoms with Gasteiger partial charge in [0.1, 0.15) is 0 Å². The molecule has 0 bridgehead atoms. The van der Waals surface area contributed by atoms with E-state index in [1.54, 1.807) is 0 Å². The second kappa shape index (κ2) is 3.44. The Hall–Kier alpha value is 0.270. The number of hydrogen-bond donors (Lipinski definition) is 2. The lowest BCUT2D eigenvalue weighted by atomic mass is 10.1. The van der Waals surface area contributed by atoms with Crippen LogP contribution in [0.1, 0.15) is 6.92 Å². The zero-order valence-corrected chi connectivity index (χ0v) is 6.53. The number of thiol groups is 1. The third-order valence-corrected chi connectivity index (χ3v) is 1.59. The van der Waals surface area contributed by atoms with Crippen molar-refractivity contribution in [2.24, 2.45) is 5.92 Å². The molecule has 1 fully saturated rings. The fourth-order valence-electron chi connectivity index (χ4n) is 0.740. The highest BCUT2D eigenvalue weighted by molar-refractivity contribution is 7.80. The van der Waals surface area contributed by atoms with E-state index in [1.165, 1.54) is 0 Å². The maximum Gasteiger partial charge on any atom is 0.0528 e. The minimum Gasteiger partial charge on any atom is -0.381 e. The number of rotatable bonds is 3. The molecule has 1 rings (SSSR count). The molecule has 1 aliphatic heterocycles. The molecule has 1 saturated heterocycles. The van der Waals surface area contributed by atoms with Crippen molar-refractivity contribution in [3.63, 3.8) is 0 Å². The Kier molecular flexibility index (Phi) is 2.82. The molecule has 1 atom stereocenters. The van der Waals surface area contributed by atoms with Crippen LogP contribution in [-0.2, 0) is 4.74 Å². The van der Waals surface area contributed by atoms with Crippen LogP contribution >= 0.6 is 12.6 Å². The van der Waals surface area contributed by atoms with E-state index in [-0.39, 0.29) is 0 Å². The zero-order chi connectivity index (χ0) is 6.69. The van der Waals surface area contributed by atoms with Gasteiger partial charge in [0.05, 0.1) is 13.2 Å². The molecule has 0 aromatic heterocycles. The van der Waals surface area contributed by atoms with Gasteiger partial charge in [-0.1, -0.05) is 0 Å². The van der Waals surface area contributed by atoms with E-state index in [0.717, 1.165) is 25.7 Å². The SMILES string of the molecule is CC(S)NCC1COC1. The molecule has 0 aromatic carbocycles. The summed E-state index contributed by atoms with van der Waals surface area (Å²) in [6.07, 6.45) is 0. The molecule has 0 aromatic rings. The molecule has 54 valence electrons. The molecule has 3 heteroatoms. The molecule has 0 saturated carbocycles. The summed E-state index contributed by atoms with van der Waals surface area (Å²) in [5.41, 5.74) is 0. The summed E-state index contributed by atoms with van der Waals surface area (Å²) in [6, 6.07) is 0. The van der Waals surface area contributed by atoms with Crippen LogP contribution in [0.2, 0.25) is 0 Å². The molecular formula is C6H13NOS. The molecule has 0 spiro atoms. The van der Waals surface area contributed by atoms with Crippen LogP contribution in [0.3, 0.4) is 0 Å². The maximum atomic E-state index is 5.00. The van der Waals surface area contributed by atoms with Gasteiger partial charge < -0.3 is 10.1 Å². The van der Waals surface area contributed by atoms with Gasteiger partial charge in [0.15, 0.2) is 0 Å². The molecule has 1 N–H and O–H groups in total. The van der Waals surface area contributed by atoms with E-state index >= 15 is 0 Å². The highest BCUT2D eigenvalue weighted by Gasteiger charge is 2.17. The van der Waals surface area contributed by atoms with Crippen molar-refractivity contribution < 1.29 is 4.74 Å². The first kappa shape index (κ1) is 7.38. The third-order valence-electron chi connectivity index (χ3n) is 1.41. The monoisotopic (exact) mass is 147 g/mol. The van der Waals surface area contributed by atoms with Gasteiger partial charge in [-0.15, -0.1) is 0 Å². The second-order valence-corrected chi connectivity index (χ2v) is 3.26. The van der Waals surface area contributed by atoms with E-state index in [0.29, 0.717) is 5.37 Å². The average Bonchev–Trinajstić information content (AvgIpc) is 1.60. The van der Waals surface area contributed by atoms with E-state index in [4.69, 9.17) is 4.74 Å². The summed E-state index contributed by atoms with van der Waals surface area (Å²) in [5.74, 6) is 0.736. The van der Waals surface area contributed by atoms with E-state index in [9.17, 15) is 0 Å². The first-order valence-corrected chi connectivity index (χ1v) is 3.80. The van der Waals surface area contributed by atoms with Gasteiger partial charge in [0, 0.05) is 17.8 Å². The van der Waals surface area contributed by atoms with E-state index in [1.807, 2.05) is 6.92 Å². The predicted octanol–water partition coefficient (Wildman–Crippen LogP) is 0.498. The molecular weight excluding hydrogens is 134 g/mol. The van der Waals surface area contributed by atoms with Gasteiger partial charge in [-0.3, -0.25) is 0 Å². The molecule has 0 amide bonds. The standard InChI is InChI=1S/C6H13NOS/c1-5(9)7-2-6-3-8-4-6/h5-7,9H,2-4H2,1H3. The quantitative estimate of drug-likeness (QED) is 0.448. The minimum absolute atomic E-state index is 0.311. The highest BCUT2D eigenvalue weighted by Crippen LogP contribution is 2.08. The van der Waals surface area contributed by atoms with Gasteiger partial charge >= 0.3 is 0 Å². The summed E-state index contributed by atoms with van der Waals surface area (Å²) in [7, 11) is 0. The molecule has 2 nitrogen and oxygen atoms in total. The average molecular weight is 147 g/mol. The summed E-state index contributed by atoms with van der Waals surface area (Å²) in [6.45, 7) is 4.92. The number of ether oxygens (including phenoxy) is 1. The Bertz CT molecular complexity index is 83.1. The second-order valence-electron chi connectivity index (χ2n) is 2.49. The molecule has 1 unspecified atom stereocenters. The van der Waals surface area contributed by atoms with Crippen LogP contribution in [0.5, 0.6) is 0 Å². The minimum atomic E-state index is 0.311. The van der Waals surface area contributed by atoms with Crippen LogP contribution in [0.15, 0.2) is 0 Å². The summed E-state index contributed by atoms with van der Waals surface area (Å²) < 4.78 is 5.00. The number of nitrogens with one attached hydrogen (secondary N) is 1. The first-order chi connectivity index (χ1) is 4.29. The molecule has 1 heterocycles. The van der Waals surface area contributed by atoms with E-state index < -0.39 is 0 Å². The Labute approximate surface area is 61.4 Å². The first-order valence-electron chi connectivity index (χ1n) is 3.28. The van der Waals surface area contributed by atoms with Gasteiger partial charge in [0.25, 0.3) is 0 Å². The van der Waals surface area contributed by atoms with Crippen molar-refractivity contribution in [2.75, 3.05) is 19.8 Å². The highest BCUT2D eigenvalue weighted by atomic mass is 32.1. The zero-order valence-electron chi connectivity index (χ0n) is 5.63. The Balaban J connectivity index is 1.91. The Morgan fingerprint density at radius 3 is 2.78 bits per heavy atom. The largest absolute Gasteiger partial charge is 0.381 e. The van der Waals surface area contributed by atoms with Gasteiger partial charge in [-0.05, 0) is 6.92 Å². The van der Waals surface area contributed by atoms with Gasteiger partial charge in [-0.25, -0.2) is 0 Å². The summed E-state index contributed by atoms with van der Waals surface area (Å²) in [5, 5.41) is 3.54. The molecule has 0 aliphatic carbocycles. The predicted molar refractivity (Wildman–Crippen MR) is 40.8 cm³/mol. The normalized spacial score (nSPS) is 23.3. The van der Waals surface area contributed by atoms with Crippen molar-refractivity contribution in [3.8, 4) is 0 Å². The molecule has 1 aliphatic rings. The van der Waals surface area contributed by atoms with Crippen molar-refractivity contribution >= 4 is 12.6 Å². The third kappa shape index (κ3) is 2.56. The molecule has 9 heavy (non-hydrogen) atoms. The summed E-state index contributed by atoms with van der Waals surface area (Å²) in [4.78, 5) is 0. The van der Waals surface area contributed by atoms with Crippen molar-refractivity contribution in [1.29, 1.82) is 0 Å². The number of hydrogen-bond acceptors (Lipinski definition) is 3. The fraction of sp³-hybridized carbons (Fsp3) is 1.00. The lowest BCUT2D eigenvalue weighted by Gasteiger charge is -2.26. The van der Waals surface area contributed by atoms with E-state index in [2.05, 4.69) is 17.9 Å². The molecule has 0 radical (unpaired) electrons. The maximum absolute atomic E-state index is 5.00. The van der Waals surface area contributed by atoms with Crippen LogP contribution < -0.4 is 5.32 Å². The van der Waals surface area contributed by atoms with Crippen LogP contribution in [0.4, 0.5) is 0 Å². The summed E-state index contributed by atoms with van der Waals surface area (Å²) >= 11 is 4.18. The lowest BCUT2D eigenvalue weighted by molar-refractivity contribution is -0.0306. The van der Waals surface area contributed by atoms with Crippen LogP contribution in [-0.4, -0.2) is 25.1 Å². The Morgan fingerprint density at radius 1 is 1.78 bits per heavy atom. The van der Waals surface area contributed by atoms with Crippen LogP contribution in [0.25, 0.3) is 0 Å². The smallest absolute Gasteiger partial charge is 0.0528 e. The van der Waals surface area contributed by atoms with Gasteiger partial charge in [-0.2, -0.15) is 12.6 Å². The topological polar surface area (TPSA) is 21.3 Å². The van der Waals surface area contributed by atoms with Gasteiger partial charge in [0.2, 0.25) is 0 Å². The van der Waals surface area contributed by atoms with Crippen molar-refractivity contribution in [3.05, 3.63) is 0 Å². The lowest BCUT2D eigenvalue weighted by Crippen LogP contribution is -2.38. The van der Waals surface area contributed by atoms with Crippen molar-refractivity contribution in [1.82, 2.24) is 5.32 Å². The van der Waals surface area contributed by atoms with Crippen LogP contribution in [0, 0.1) is 5.92 Å². The van der Waals surface area contributed by atoms with Crippen molar-refractivity contribution in [2.45, 2.75) is 12.3 Å². The fourth-order valence-corrected chi connectivity index (χ4v) is 0.845.